The molecule has 0 atom stereocenters. The predicted molar refractivity (Wildman–Crippen MR) is 71.2 cm³/mol. The van der Waals surface area contributed by atoms with Gasteiger partial charge in [-0.3, -0.25) is 9.36 Å². The summed E-state index contributed by atoms with van der Waals surface area (Å²) in [6.45, 7) is 3.70. The van der Waals surface area contributed by atoms with Crippen LogP contribution in [0.5, 0.6) is 0 Å². The summed E-state index contributed by atoms with van der Waals surface area (Å²) in [7, 11) is 0. The van der Waals surface area contributed by atoms with Crippen molar-refractivity contribution in [3.63, 3.8) is 0 Å². The second-order valence-electron chi connectivity index (χ2n) is 4.10. The minimum absolute atomic E-state index is 0.165. The van der Waals surface area contributed by atoms with Gasteiger partial charge in [0.1, 0.15) is 11.6 Å². The van der Waals surface area contributed by atoms with Crippen LogP contribution >= 0.6 is 15.9 Å². The highest BCUT2D eigenvalue weighted by Crippen LogP contribution is 2.16. The number of hydrogen-bond donors (Lipinski definition) is 0. The van der Waals surface area contributed by atoms with Gasteiger partial charge in [0.05, 0.1) is 6.54 Å². The van der Waals surface area contributed by atoms with Gasteiger partial charge in [-0.25, -0.2) is 9.37 Å². The first-order chi connectivity index (χ1) is 8.47. The standard InChI is InChI=1S/C13H12BrFN2O/c1-8-5-13(18)17(9(2)16-8)7-10-3-4-11(14)6-12(10)15/h3-6H,7H2,1-2H3. The molecule has 0 spiro atoms. The molecule has 0 bridgehead atoms. The van der Waals surface area contributed by atoms with Gasteiger partial charge in [-0.1, -0.05) is 22.0 Å². The van der Waals surface area contributed by atoms with Crippen molar-refractivity contribution in [3.05, 3.63) is 62.0 Å². The van der Waals surface area contributed by atoms with Gasteiger partial charge in [-0.15, -0.1) is 0 Å². The number of aromatic nitrogens is 2. The van der Waals surface area contributed by atoms with Crippen LogP contribution in [0.3, 0.4) is 0 Å². The smallest absolute Gasteiger partial charge is 0.254 e. The Balaban J connectivity index is 2.43. The summed E-state index contributed by atoms with van der Waals surface area (Å²) in [6.07, 6.45) is 0. The fourth-order valence-electron chi connectivity index (χ4n) is 1.78. The molecule has 2 rings (SSSR count). The van der Waals surface area contributed by atoms with E-state index < -0.39 is 0 Å². The van der Waals surface area contributed by atoms with Crippen LogP contribution in [0.4, 0.5) is 4.39 Å². The maximum Gasteiger partial charge on any atom is 0.254 e. The first-order valence-corrected chi connectivity index (χ1v) is 6.25. The number of hydrogen-bond acceptors (Lipinski definition) is 2. The Labute approximate surface area is 112 Å². The monoisotopic (exact) mass is 310 g/mol. The molecule has 3 nitrogen and oxygen atoms in total. The van der Waals surface area contributed by atoms with E-state index in [1.54, 1.807) is 26.0 Å². The van der Waals surface area contributed by atoms with Crippen molar-refractivity contribution >= 4 is 15.9 Å². The highest BCUT2D eigenvalue weighted by molar-refractivity contribution is 9.10. The van der Waals surface area contributed by atoms with E-state index in [9.17, 15) is 9.18 Å². The minimum atomic E-state index is -0.337. The van der Waals surface area contributed by atoms with Crippen LogP contribution in [0.25, 0.3) is 0 Å². The summed E-state index contributed by atoms with van der Waals surface area (Å²) in [5.41, 5.74) is 0.974. The van der Waals surface area contributed by atoms with Crippen molar-refractivity contribution in [2.24, 2.45) is 0 Å². The maximum atomic E-state index is 13.7. The van der Waals surface area contributed by atoms with Crippen molar-refractivity contribution < 1.29 is 4.39 Å². The lowest BCUT2D eigenvalue weighted by Crippen LogP contribution is -2.24. The number of halogens is 2. The molecule has 0 unspecified atom stereocenters. The molecule has 18 heavy (non-hydrogen) atoms. The van der Waals surface area contributed by atoms with Crippen molar-refractivity contribution in [2.45, 2.75) is 20.4 Å². The molecule has 1 heterocycles. The molecule has 0 radical (unpaired) electrons. The van der Waals surface area contributed by atoms with E-state index in [0.717, 1.165) is 0 Å². The quantitative estimate of drug-likeness (QED) is 0.855. The average molecular weight is 311 g/mol. The third-order valence-corrected chi connectivity index (χ3v) is 3.16. The molecular formula is C13H12BrFN2O. The summed E-state index contributed by atoms with van der Waals surface area (Å²) < 4.78 is 15.8. The summed E-state index contributed by atoms with van der Waals surface area (Å²) in [5, 5.41) is 0. The van der Waals surface area contributed by atoms with Crippen molar-refractivity contribution in [3.8, 4) is 0 Å². The van der Waals surface area contributed by atoms with Crippen molar-refractivity contribution in [2.75, 3.05) is 0 Å². The average Bonchev–Trinajstić information content (AvgIpc) is 2.25. The number of benzene rings is 1. The lowest BCUT2D eigenvalue weighted by Gasteiger charge is -2.10. The zero-order valence-corrected chi connectivity index (χ0v) is 11.7. The van der Waals surface area contributed by atoms with E-state index in [4.69, 9.17) is 0 Å². The zero-order chi connectivity index (χ0) is 13.3. The first kappa shape index (κ1) is 13.0. The predicted octanol–water partition coefficient (Wildman–Crippen LogP) is 2.81. The highest BCUT2D eigenvalue weighted by Gasteiger charge is 2.08. The third kappa shape index (κ3) is 2.67. The Bertz CT molecular complexity index is 652. The fourth-order valence-corrected chi connectivity index (χ4v) is 2.11. The van der Waals surface area contributed by atoms with Gasteiger partial charge in [0.25, 0.3) is 5.56 Å². The SMILES string of the molecule is Cc1cc(=O)n(Cc2ccc(Br)cc2F)c(C)n1. The zero-order valence-electron chi connectivity index (χ0n) is 10.1. The van der Waals surface area contributed by atoms with Crippen LogP contribution in [0.1, 0.15) is 17.1 Å². The van der Waals surface area contributed by atoms with Crippen LogP contribution in [-0.4, -0.2) is 9.55 Å². The van der Waals surface area contributed by atoms with Crippen molar-refractivity contribution in [1.29, 1.82) is 0 Å². The Morgan fingerprint density at radius 2 is 2.06 bits per heavy atom. The molecule has 0 aliphatic carbocycles. The summed E-state index contributed by atoms with van der Waals surface area (Å²) in [5.74, 6) is 0.249. The highest BCUT2D eigenvalue weighted by atomic mass is 79.9. The van der Waals surface area contributed by atoms with Crippen molar-refractivity contribution in [1.82, 2.24) is 9.55 Å². The van der Waals surface area contributed by atoms with E-state index in [-0.39, 0.29) is 17.9 Å². The normalized spacial score (nSPS) is 10.7. The van der Waals surface area contributed by atoms with Gasteiger partial charge in [0, 0.05) is 21.8 Å². The van der Waals surface area contributed by atoms with Gasteiger partial charge in [0.15, 0.2) is 0 Å². The maximum absolute atomic E-state index is 13.7. The van der Waals surface area contributed by atoms with E-state index in [1.165, 1.54) is 16.7 Å². The molecule has 1 aromatic heterocycles. The summed E-state index contributed by atoms with van der Waals surface area (Å²) in [4.78, 5) is 16.0. The second kappa shape index (κ2) is 5.02. The topological polar surface area (TPSA) is 34.9 Å². The molecule has 0 amide bonds. The van der Waals surface area contributed by atoms with E-state index in [1.807, 2.05) is 0 Å². The largest absolute Gasteiger partial charge is 0.292 e. The molecular weight excluding hydrogens is 299 g/mol. The van der Waals surface area contributed by atoms with E-state index >= 15 is 0 Å². The molecule has 0 aliphatic heterocycles. The second-order valence-corrected chi connectivity index (χ2v) is 5.02. The van der Waals surface area contributed by atoms with Crippen LogP contribution in [0, 0.1) is 19.7 Å². The molecule has 0 N–H and O–H groups in total. The molecule has 1 aromatic carbocycles. The molecule has 0 saturated carbocycles. The number of rotatable bonds is 2. The molecule has 0 fully saturated rings. The van der Waals surface area contributed by atoms with Crippen LogP contribution in [0.15, 0.2) is 33.5 Å². The summed E-state index contributed by atoms with van der Waals surface area (Å²) >= 11 is 3.20. The number of aryl methyl sites for hydroxylation is 2. The van der Waals surface area contributed by atoms with Crippen LogP contribution in [0.2, 0.25) is 0 Å². The fraction of sp³-hybridized carbons (Fsp3) is 0.231. The lowest BCUT2D eigenvalue weighted by molar-refractivity contribution is 0.588. The molecule has 0 aliphatic rings. The first-order valence-electron chi connectivity index (χ1n) is 5.46. The van der Waals surface area contributed by atoms with Gasteiger partial charge < -0.3 is 0 Å². The Morgan fingerprint density at radius 3 is 2.67 bits per heavy atom. The van der Waals surface area contributed by atoms with Gasteiger partial charge in [-0.05, 0) is 26.0 Å². The Hall–Kier alpha value is -1.49. The van der Waals surface area contributed by atoms with E-state index in [2.05, 4.69) is 20.9 Å². The molecule has 5 heteroatoms. The molecule has 2 aromatic rings. The van der Waals surface area contributed by atoms with Crippen LogP contribution in [-0.2, 0) is 6.54 Å². The summed E-state index contributed by atoms with van der Waals surface area (Å²) in [6, 6.07) is 6.24. The van der Waals surface area contributed by atoms with Gasteiger partial charge in [-0.2, -0.15) is 0 Å². The molecule has 94 valence electrons. The lowest BCUT2D eigenvalue weighted by atomic mass is 10.2. The van der Waals surface area contributed by atoms with Gasteiger partial charge >= 0.3 is 0 Å². The van der Waals surface area contributed by atoms with Crippen LogP contribution < -0.4 is 5.56 Å². The minimum Gasteiger partial charge on any atom is -0.292 e. The Morgan fingerprint density at radius 1 is 1.33 bits per heavy atom. The molecule has 0 saturated heterocycles. The van der Waals surface area contributed by atoms with E-state index in [0.29, 0.717) is 21.6 Å². The van der Waals surface area contributed by atoms with Gasteiger partial charge in [0.2, 0.25) is 0 Å². The number of nitrogens with zero attached hydrogens (tertiary/aromatic N) is 2. The third-order valence-electron chi connectivity index (χ3n) is 2.67. The Kier molecular flexibility index (Phi) is 3.61.